The molecule has 2 aliphatic heterocycles. The zero-order valence-corrected chi connectivity index (χ0v) is 18.0. The number of carbonyl (C=O) groups excluding carboxylic acids is 1. The third kappa shape index (κ3) is 4.12. The molecule has 2 heterocycles. The molecule has 0 aliphatic carbocycles. The molecule has 0 saturated carbocycles. The summed E-state index contributed by atoms with van der Waals surface area (Å²) in [5.74, 6) is -0.854. The zero-order chi connectivity index (χ0) is 21.8. The van der Waals surface area contributed by atoms with E-state index >= 15 is 0 Å². The maximum atomic E-state index is 12.4. The molecule has 3 aromatic rings. The Hall–Kier alpha value is -3.21. The Morgan fingerprint density at radius 2 is 1.44 bits per heavy atom. The van der Waals surface area contributed by atoms with E-state index in [0.29, 0.717) is 13.0 Å². The van der Waals surface area contributed by atoms with Gasteiger partial charge in [0.05, 0.1) is 18.8 Å². The van der Waals surface area contributed by atoms with Crippen LogP contribution in [0.25, 0.3) is 0 Å². The van der Waals surface area contributed by atoms with E-state index in [1.807, 2.05) is 85.1 Å². The first kappa shape index (κ1) is 20.7. The van der Waals surface area contributed by atoms with Crippen molar-refractivity contribution >= 4 is 5.78 Å². The van der Waals surface area contributed by atoms with Gasteiger partial charge in [-0.05, 0) is 18.1 Å². The second-order valence-corrected chi connectivity index (χ2v) is 8.35. The van der Waals surface area contributed by atoms with Crippen LogP contribution in [0.4, 0.5) is 0 Å². The van der Waals surface area contributed by atoms with Crippen LogP contribution in [0, 0.1) is 0 Å². The molecule has 4 nitrogen and oxygen atoms in total. The summed E-state index contributed by atoms with van der Waals surface area (Å²) in [4.78, 5) is 14.7. The quantitative estimate of drug-likeness (QED) is 0.573. The number of benzene rings is 3. The fraction of sp³-hybridized carbons (Fsp3) is 0.250. The normalized spacial score (nSPS) is 22.6. The van der Waals surface area contributed by atoms with Crippen LogP contribution in [0.3, 0.4) is 0 Å². The van der Waals surface area contributed by atoms with Crippen molar-refractivity contribution < 1.29 is 14.3 Å². The molecule has 32 heavy (non-hydrogen) atoms. The van der Waals surface area contributed by atoms with E-state index in [1.54, 1.807) is 6.08 Å². The summed E-state index contributed by atoms with van der Waals surface area (Å²) in [6.07, 6.45) is 4.63. The first-order valence-electron chi connectivity index (χ1n) is 11.2. The van der Waals surface area contributed by atoms with E-state index in [0.717, 1.165) is 24.1 Å². The standard InChI is InChI=1S/C28H27NO3/c30-25-16-18-29(21-22-10-4-1-5-11-22)26(20-25)27-17-19-31-28(32-27,23-12-6-2-7-13-23)24-14-8-3-9-15-24/h1-16,18,26-27H,17,19-21H2/t26-,27-/m0/s1. The van der Waals surface area contributed by atoms with Crippen LogP contribution in [-0.2, 0) is 26.6 Å². The van der Waals surface area contributed by atoms with Crippen molar-refractivity contribution in [1.29, 1.82) is 0 Å². The van der Waals surface area contributed by atoms with Crippen molar-refractivity contribution in [1.82, 2.24) is 4.90 Å². The Balaban J connectivity index is 1.49. The Morgan fingerprint density at radius 3 is 2.06 bits per heavy atom. The minimum absolute atomic E-state index is 0.0524. The molecule has 162 valence electrons. The largest absolute Gasteiger partial charge is 0.367 e. The highest BCUT2D eigenvalue weighted by Gasteiger charge is 2.45. The molecule has 0 unspecified atom stereocenters. The van der Waals surface area contributed by atoms with Gasteiger partial charge in [0.1, 0.15) is 0 Å². The van der Waals surface area contributed by atoms with Gasteiger partial charge in [0, 0.05) is 30.3 Å². The van der Waals surface area contributed by atoms with E-state index < -0.39 is 5.79 Å². The second kappa shape index (κ2) is 9.11. The van der Waals surface area contributed by atoms with E-state index in [-0.39, 0.29) is 17.9 Å². The maximum Gasteiger partial charge on any atom is 0.222 e. The summed E-state index contributed by atoms with van der Waals surface area (Å²) < 4.78 is 13.2. The van der Waals surface area contributed by atoms with Crippen molar-refractivity contribution in [3.63, 3.8) is 0 Å². The Morgan fingerprint density at radius 1 is 0.844 bits per heavy atom. The van der Waals surface area contributed by atoms with Gasteiger partial charge in [0.15, 0.2) is 5.78 Å². The van der Waals surface area contributed by atoms with Crippen LogP contribution in [0.1, 0.15) is 29.5 Å². The van der Waals surface area contributed by atoms with Gasteiger partial charge in [0.25, 0.3) is 0 Å². The SMILES string of the molecule is O=C1C=CN(Cc2ccccc2)[C@H]([C@@H]2CCOC(c3ccccc3)(c3ccccc3)O2)C1. The smallest absolute Gasteiger partial charge is 0.222 e. The molecule has 0 bridgehead atoms. The van der Waals surface area contributed by atoms with Crippen LogP contribution in [0.2, 0.25) is 0 Å². The molecule has 1 saturated heterocycles. The van der Waals surface area contributed by atoms with Crippen LogP contribution >= 0.6 is 0 Å². The van der Waals surface area contributed by atoms with Gasteiger partial charge in [-0.25, -0.2) is 0 Å². The van der Waals surface area contributed by atoms with Crippen LogP contribution in [-0.4, -0.2) is 29.4 Å². The number of ketones is 1. The van der Waals surface area contributed by atoms with Crippen LogP contribution < -0.4 is 0 Å². The van der Waals surface area contributed by atoms with Crippen LogP contribution in [0.5, 0.6) is 0 Å². The fourth-order valence-electron chi connectivity index (χ4n) is 4.67. The molecule has 0 aromatic heterocycles. The molecule has 4 heteroatoms. The molecule has 5 rings (SSSR count). The third-order valence-electron chi connectivity index (χ3n) is 6.26. The van der Waals surface area contributed by atoms with E-state index in [2.05, 4.69) is 17.0 Å². The van der Waals surface area contributed by atoms with Crippen molar-refractivity contribution in [3.8, 4) is 0 Å². The third-order valence-corrected chi connectivity index (χ3v) is 6.26. The monoisotopic (exact) mass is 425 g/mol. The topological polar surface area (TPSA) is 38.8 Å². The molecule has 0 amide bonds. The molecule has 3 aromatic carbocycles. The summed E-state index contributed by atoms with van der Waals surface area (Å²) in [5, 5.41) is 0. The lowest BCUT2D eigenvalue weighted by Gasteiger charge is -2.47. The number of rotatable bonds is 5. The number of nitrogens with zero attached hydrogens (tertiary/aromatic N) is 1. The second-order valence-electron chi connectivity index (χ2n) is 8.35. The van der Waals surface area contributed by atoms with Gasteiger partial charge < -0.3 is 14.4 Å². The summed E-state index contributed by atoms with van der Waals surface area (Å²) in [5.41, 5.74) is 3.13. The average molecular weight is 426 g/mol. The van der Waals surface area contributed by atoms with Gasteiger partial charge in [-0.2, -0.15) is 0 Å². The predicted molar refractivity (Wildman–Crippen MR) is 124 cm³/mol. The molecule has 1 fully saturated rings. The van der Waals surface area contributed by atoms with Crippen molar-refractivity contribution in [2.75, 3.05) is 6.61 Å². The Labute approximate surface area is 189 Å². The Bertz CT molecular complexity index is 1030. The van der Waals surface area contributed by atoms with E-state index in [4.69, 9.17) is 9.47 Å². The zero-order valence-electron chi connectivity index (χ0n) is 18.0. The van der Waals surface area contributed by atoms with Crippen molar-refractivity contribution in [2.45, 2.75) is 37.3 Å². The molecule has 0 N–H and O–H groups in total. The first-order valence-corrected chi connectivity index (χ1v) is 11.2. The highest BCUT2D eigenvalue weighted by Crippen LogP contribution is 2.41. The predicted octanol–water partition coefficient (Wildman–Crippen LogP) is 5.05. The number of allylic oxidation sites excluding steroid dienone is 1. The minimum atomic E-state index is -0.992. The van der Waals surface area contributed by atoms with Crippen molar-refractivity contribution in [2.24, 2.45) is 0 Å². The lowest BCUT2D eigenvalue weighted by atomic mass is 9.92. The lowest BCUT2D eigenvalue weighted by molar-refractivity contribution is -0.287. The van der Waals surface area contributed by atoms with Gasteiger partial charge in [-0.3, -0.25) is 4.79 Å². The van der Waals surface area contributed by atoms with Crippen LogP contribution in [0.15, 0.2) is 103 Å². The van der Waals surface area contributed by atoms with Gasteiger partial charge in [-0.1, -0.05) is 91.0 Å². The highest BCUT2D eigenvalue weighted by atomic mass is 16.7. The maximum absolute atomic E-state index is 12.4. The molecule has 2 atom stereocenters. The first-order chi connectivity index (χ1) is 15.7. The van der Waals surface area contributed by atoms with E-state index in [9.17, 15) is 4.79 Å². The summed E-state index contributed by atoms with van der Waals surface area (Å²) in [6, 6.07) is 30.5. The number of ether oxygens (including phenoxy) is 2. The highest BCUT2D eigenvalue weighted by molar-refractivity contribution is 5.90. The number of hydrogen-bond donors (Lipinski definition) is 0. The molecular weight excluding hydrogens is 398 g/mol. The lowest BCUT2D eigenvalue weighted by Crippen LogP contribution is -2.52. The molecule has 0 radical (unpaired) electrons. The Kier molecular flexibility index (Phi) is 5.89. The average Bonchev–Trinajstić information content (AvgIpc) is 2.87. The molecule has 2 aliphatic rings. The number of hydrogen-bond acceptors (Lipinski definition) is 4. The summed E-state index contributed by atoms with van der Waals surface area (Å²) in [6.45, 7) is 1.29. The van der Waals surface area contributed by atoms with Gasteiger partial charge >= 0.3 is 0 Å². The fourth-order valence-corrected chi connectivity index (χ4v) is 4.67. The number of carbonyl (C=O) groups is 1. The molecule has 0 spiro atoms. The van der Waals surface area contributed by atoms with Crippen molar-refractivity contribution in [3.05, 3.63) is 120 Å². The van der Waals surface area contributed by atoms with Gasteiger partial charge in [-0.15, -0.1) is 0 Å². The van der Waals surface area contributed by atoms with E-state index in [1.165, 1.54) is 5.56 Å². The summed E-state index contributed by atoms with van der Waals surface area (Å²) >= 11 is 0. The van der Waals surface area contributed by atoms with Gasteiger partial charge in [0.2, 0.25) is 5.79 Å². The molecular formula is C28H27NO3. The minimum Gasteiger partial charge on any atom is -0.367 e. The summed E-state index contributed by atoms with van der Waals surface area (Å²) in [7, 11) is 0.